The highest BCUT2D eigenvalue weighted by atomic mass is 19.4. The van der Waals surface area contributed by atoms with Gasteiger partial charge in [0, 0.05) is 25.5 Å². The van der Waals surface area contributed by atoms with Crippen LogP contribution in [0.5, 0.6) is 5.88 Å². The lowest BCUT2D eigenvalue weighted by Gasteiger charge is -2.23. The van der Waals surface area contributed by atoms with E-state index in [-0.39, 0.29) is 17.8 Å². The predicted molar refractivity (Wildman–Crippen MR) is 70.3 cm³/mol. The van der Waals surface area contributed by atoms with Crippen LogP contribution in [0.3, 0.4) is 0 Å². The number of anilines is 1. The Bertz CT molecular complexity index is 462. The molecule has 0 bridgehead atoms. The van der Waals surface area contributed by atoms with Crippen LogP contribution in [0.25, 0.3) is 0 Å². The molecule has 1 saturated heterocycles. The molecule has 0 unspecified atom stereocenters. The van der Waals surface area contributed by atoms with Gasteiger partial charge in [0.2, 0.25) is 11.7 Å². The maximum atomic E-state index is 12.8. The van der Waals surface area contributed by atoms with E-state index in [9.17, 15) is 13.2 Å². The fourth-order valence-electron chi connectivity index (χ4n) is 1.92. The highest BCUT2D eigenvalue weighted by Crippen LogP contribution is 2.29. The minimum Gasteiger partial charge on any atom is -0.474 e. The summed E-state index contributed by atoms with van der Waals surface area (Å²) in [6.07, 6.45) is -2.71. The number of rotatable bonds is 5. The number of halogens is 3. The maximum Gasteiger partial charge on any atom is 0.451 e. The van der Waals surface area contributed by atoms with E-state index in [2.05, 4.69) is 15.3 Å². The average molecular weight is 305 g/mol. The minimum absolute atomic E-state index is 0.0529. The monoisotopic (exact) mass is 305 g/mol. The third kappa shape index (κ3) is 4.73. The van der Waals surface area contributed by atoms with Crippen LogP contribution >= 0.6 is 0 Å². The number of hydrogen-bond donors (Lipinski definition) is 1. The average Bonchev–Trinajstić information content (AvgIpc) is 2.45. The predicted octanol–water partition coefficient (Wildman–Crippen LogP) is 2.88. The summed E-state index contributed by atoms with van der Waals surface area (Å²) in [5.74, 6) is -1.12. The van der Waals surface area contributed by atoms with Gasteiger partial charge in [0.05, 0.1) is 13.2 Å². The summed E-state index contributed by atoms with van der Waals surface area (Å²) in [4.78, 5) is 6.95. The molecule has 1 aliphatic rings. The number of alkyl halides is 3. The van der Waals surface area contributed by atoms with Crippen LogP contribution in [-0.4, -0.2) is 35.8 Å². The number of hydrogen-bond acceptors (Lipinski definition) is 5. The van der Waals surface area contributed by atoms with Crippen LogP contribution < -0.4 is 10.1 Å². The van der Waals surface area contributed by atoms with Crippen LogP contribution in [0.1, 0.15) is 32.0 Å². The summed E-state index contributed by atoms with van der Waals surface area (Å²) in [5.41, 5.74) is 0. The van der Waals surface area contributed by atoms with Gasteiger partial charge in [0.25, 0.3) is 0 Å². The molecule has 8 heteroatoms. The van der Waals surface area contributed by atoms with Crippen LogP contribution in [0.15, 0.2) is 6.07 Å². The Labute approximate surface area is 120 Å². The van der Waals surface area contributed by atoms with E-state index in [1.54, 1.807) is 0 Å². The molecular weight excluding hydrogens is 287 g/mol. The number of aromatic nitrogens is 2. The van der Waals surface area contributed by atoms with Crippen molar-refractivity contribution in [3.63, 3.8) is 0 Å². The zero-order valence-corrected chi connectivity index (χ0v) is 11.7. The van der Waals surface area contributed by atoms with Gasteiger partial charge in [-0.05, 0) is 6.42 Å². The van der Waals surface area contributed by atoms with Crippen LogP contribution in [0.4, 0.5) is 19.0 Å². The summed E-state index contributed by atoms with van der Waals surface area (Å²) in [6.45, 7) is 3.54. The zero-order valence-electron chi connectivity index (χ0n) is 11.7. The molecule has 0 aliphatic carbocycles. The lowest BCUT2D eigenvalue weighted by Crippen LogP contribution is -2.26. The molecule has 0 aromatic carbocycles. The minimum atomic E-state index is -4.60. The van der Waals surface area contributed by atoms with Gasteiger partial charge in [-0.2, -0.15) is 18.2 Å². The van der Waals surface area contributed by atoms with E-state index in [0.717, 1.165) is 6.42 Å². The van der Waals surface area contributed by atoms with Crippen molar-refractivity contribution in [1.82, 2.24) is 9.97 Å². The third-order valence-corrected chi connectivity index (χ3v) is 2.97. The second-order valence-electron chi connectivity index (χ2n) is 4.77. The van der Waals surface area contributed by atoms with Crippen molar-refractivity contribution in [1.29, 1.82) is 0 Å². The SMILES string of the molecule is CCCNc1cc(OC2CCOCC2)nc(C(F)(F)F)n1. The number of ether oxygens (including phenoxy) is 2. The molecule has 1 aliphatic heterocycles. The van der Waals surface area contributed by atoms with E-state index >= 15 is 0 Å². The summed E-state index contributed by atoms with van der Waals surface area (Å²) < 4.78 is 49.2. The molecule has 5 nitrogen and oxygen atoms in total. The first-order valence-electron chi connectivity index (χ1n) is 6.93. The lowest BCUT2D eigenvalue weighted by molar-refractivity contribution is -0.145. The largest absolute Gasteiger partial charge is 0.474 e. The van der Waals surface area contributed by atoms with Gasteiger partial charge in [0.15, 0.2) is 0 Å². The molecular formula is C13H18F3N3O2. The van der Waals surface area contributed by atoms with Gasteiger partial charge in [-0.15, -0.1) is 0 Å². The van der Waals surface area contributed by atoms with E-state index in [1.165, 1.54) is 6.07 Å². The molecule has 0 atom stereocenters. The molecule has 1 fully saturated rings. The second-order valence-corrected chi connectivity index (χ2v) is 4.77. The standard InChI is InChI=1S/C13H18F3N3O2/c1-2-5-17-10-8-11(19-12(18-10)13(14,15)16)21-9-3-6-20-7-4-9/h8-9H,2-7H2,1H3,(H,17,18,19). The van der Waals surface area contributed by atoms with Gasteiger partial charge in [0.1, 0.15) is 11.9 Å². The van der Waals surface area contributed by atoms with Crippen molar-refractivity contribution in [2.75, 3.05) is 25.1 Å². The maximum absolute atomic E-state index is 12.8. The highest BCUT2D eigenvalue weighted by Gasteiger charge is 2.36. The van der Waals surface area contributed by atoms with Crippen molar-refractivity contribution in [3.8, 4) is 5.88 Å². The molecule has 21 heavy (non-hydrogen) atoms. The summed E-state index contributed by atoms with van der Waals surface area (Å²) in [7, 11) is 0. The Morgan fingerprint density at radius 1 is 1.33 bits per heavy atom. The smallest absolute Gasteiger partial charge is 0.451 e. The molecule has 2 rings (SSSR count). The summed E-state index contributed by atoms with van der Waals surface area (Å²) in [6, 6.07) is 1.40. The first kappa shape index (κ1) is 15.8. The van der Waals surface area contributed by atoms with Crippen molar-refractivity contribution in [3.05, 3.63) is 11.9 Å². The third-order valence-electron chi connectivity index (χ3n) is 2.97. The van der Waals surface area contributed by atoms with Gasteiger partial charge in [-0.3, -0.25) is 0 Å². The summed E-state index contributed by atoms with van der Waals surface area (Å²) >= 11 is 0. The molecule has 1 aromatic rings. The van der Waals surface area contributed by atoms with Gasteiger partial charge < -0.3 is 14.8 Å². The number of nitrogens with one attached hydrogen (secondary N) is 1. The van der Waals surface area contributed by atoms with Crippen molar-refractivity contribution in [2.24, 2.45) is 0 Å². The van der Waals surface area contributed by atoms with E-state index in [4.69, 9.17) is 9.47 Å². The first-order chi connectivity index (χ1) is 9.99. The normalized spacial score (nSPS) is 16.8. The van der Waals surface area contributed by atoms with E-state index < -0.39 is 12.0 Å². The molecule has 118 valence electrons. The van der Waals surface area contributed by atoms with Crippen LogP contribution in [0.2, 0.25) is 0 Å². The lowest BCUT2D eigenvalue weighted by atomic mass is 10.1. The van der Waals surface area contributed by atoms with Gasteiger partial charge >= 0.3 is 6.18 Å². The fourth-order valence-corrected chi connectivity index (χ4v) is 1.92. The topological polar surface area (TPSA) is 56.3 Å². The van der Waals surface area contributed by atoms with Crippen molar-refractivity contribution < 1.29 is 22.6 Å². The Morgan fingerprint density at radius 2 is 2.05 bits per heavy atom. The van der Waals surface area contributed by atoms with Crippen molar-refractivity contribution >= 4 is 5.82 Å². The Morgan fingerprint density at radius 3 is 2.67 bits per heavy atom. The first-order valence-corrected chi connectivity index (χ1v) is 6.93. The Kier molecular flexibility index (Phi) is 5.22. The molecule has 0 saturated carbocycles. The molecule has 1 N–H and O–H groups in total. The Hall–Kier alpha value is -1.57. The van der Waals surface area contributed by atoms with E-state index in [1.807, 2.05) is 6.92 Å². The zero-order chi connectivity index (χ0) is 15.3. The van der Waals surface area contributed by atoms with Gasteiger partial charge in [-0.25, -0.2) is 4.98 Å². The van der Waals surface area contributed by atoms with Crippen molar-refractivity contribution in [2.45, 2.75) is 38.5 Å². The van der Waals surface area contributed by atoms with E-state index in [0.29, 0.717) is 32.6 Å². The number of nitrogens with zero attached hydrogens (tertiary/aromatic N) is 2. The molecule has 2 heterocycles. The summed E-state index contributed by atoms with van der Waals surface area (Å²) in [5, 5.41) is 2.83. The van der Waals surface area contributed by atoms with Crippen LogP contribution in [0, 0.1) is 0 Å². The molecule has 0 amide bonds. The Balaban J connectivity index is 2.17. The molecule has 0 spiro atoms. The molecule has 0 radical (unpaired) electrons. The fraction of sp³-hybridized carbons (Fsp3) is 0.692. The van der Waals surface area contributed by atoms with Gasteiger partial charge in [-0.1, -0.05) is 6.92 Å². The molecule has 1 aromatic heterocycles. The quantitative estimate of drug-likeness (QED) is 0.906. The second kappa shape index (κ2) is 6.93. The van der Waals surface area contributed by atoms with Crippen LogP contribution in [-0.2, 0) is 10.9 Å². The highest BCUT2D eigenvalue weighted by molar-refractivity contribution is 5.38.